The molecule has 0 aliphatic heterocycles. The molecule has 1 aromatic heterocycles. The average Bonchev–Trinajstić information content (AvgIpc) is 2.87. The van der Waals surface area contributed by atoms with Gasteiger partial charge in [-0.05, 0) is 50.9 Å². The van der Waals surface area contributed by atoms with E-state index in [0.717, 1.165) is 18.8 Å². The third-order valence-electron chi connectivity index (χ3n) is 3.86. The monoisotopic (exact) mass is 286 g/mol. The number of benzene rings is 1. The van der Waals surface area contributed by atoms with Gasteiger partial charge in [-0.25, -0.2) is 9.67 Å². The van der Waals surface area contributed by atoms with Crippen LogP contribution in [0.5, 0.6) is 0 Å². The molecule has 1 N–H and O–H groups in total. The van der Waals surface area contributed by atoms with Crippen LogP contribution in [-0.4, -0.2) is 21.3 Å². The van der Waals surface area contributed by atoms with Crippen molar-refractivity contribution in [3.8, 4) is 0 Å². The third-order valence-corrected chi connectivity index (χ3v) is 3.86. The predicted octanol–water partition coefficient (Wildman–Crippen LogP) is 3.37. The number of likely N-dealkylation sites (N-methyl/N-ethyl adjacent to an activating group) is 1. The minimum atomic E-state index is 0.276. The van der Waals surface area contributed by atoms with Gasteiger partial charge in [-0.3, -0.25) is 0 Å². The normalized spacial score (nSPS) is 12.9. The highest BCUT2D eigenvalue weighted by Crippen LogP contribution is 2.25. The van der Waals surface area contributed by atoms with Gasteiger partial charge < -0.3 is 5.32 Å². The van der Waals surface area contributed by atoms with Gasteiger partial charge in [0, 0.05) is 18.5 Å². The van der Waals surface area contributed by atoms with Crippen LogP contribution < -0.4 is 5.32 Å². The van der Waals surface area contributed by atoms with Crippen LogP contribution in [0.2, 0.25) is 0 Å². The standard InChI is InChI=1S/C17H26N4/c1-6-18-15(17-13(4)8-7-9-14(17)5)10-16-19-11-20-21(16)12(2)3/h7-9,11-12,15,18H,6,10H2,1-5H3. The first-order valence-corrected chi connectivity index (χ1v) is 7.72. The molecule has 0 saturated carbocycles. The molecule has 4 nitrogen and oxygen atoms in total. The summed E-state index contributed by atoms with van der Waals surface area (Å²) in [5.41, 5.74) is 4.05. The van der Waals surface area contributed by atoms with Crippen LogP contribution in [0.3, 0.4) is 0 Å². The van der Waals surface area contributed by atoms with Gasteiger partial charge >= 0.3 is 0 Å². The van der Waals surface area contributed by atoms with Gasteiger partial charge in [-0.15, -0.1) is 0 Å². The van der Waals surface area contributed by atoms with E-state index in [1.165, 1.54) is 16.7 Å². The number of aromatic nitrogens is 3. The quantitative estimate of drug-likeness (QED) is 0.885. The van der Waals surface area contributed by atoms with E-state index in [1.54, 1.807) is 6.33 Å². The first kappa shape index (κ1) is 15.7. The molecule has 21 heavy (non-hydrogen) atoms. The maximum Gasteiger partial charge on any atom is 0.138 e. The SMILES string of the molecule is CCNC(Cc1ncnn1C(C)C)c1c(C)cccc1C. The van der Waals surface area contributed by atoms with Gasteiger partial charge in [0.1, 0.15) is 12.2 Å². The molecule has 0 bridgehead atoms. The highest BCUT2D eigenvalue weighted by atomic mass is 15.3. The number of rotatable bonds is 6. The molecule has 0 spiro atoms. The first-order valence-electron chi connectivity index (χ1n) is 7.72. The lowest BCUT2D eigenvalue weighted by Gasteiger charge is -2.23. The number of nitrogens with one attached hydrogen (secondary N) is 1. The Bertz CT molecular complexity index is 566. The summed E-state index contributed by atoms with van der Waals surface area (Å²) in [5, 5.41) is 7.95. The number of nitrogens with zero attached hydrogens (tertiary/aromatic N) is 3. The molecule has 2 rings (SSSR count). The zero-order valence-electron chi connectivity index (χ0n) is 13.7. The fourth-order valence-corrected chi connectivity index (χ4v) is 2.93. The van der Waals surface area contributed by atoms with Crippen molar-refractivity contribution in [1.82, 2.24) is 20.1 Å². The van der Waals surface area contributed by atoms with E-state index in [4.69, 9.17) is 0 Å². The van der Waals surface area contributed by atoms with Crippen LogP contribution in [0.1, 0.15) is 55.4 Å². The molecule has 114 valence electrons. The average molecular weight is 286 g/mol. The van der Waals surface area contributed by atoms with Crippen molar-refractivity contribution < 1.29 is 0 Å². The molecule has 0 aliphatic carbocycles. The Morgan fingerprint density at radius 2 is 1.86 bits per heavy atom. The van der Waals surface area contributed by atoms with E-state index in [0.29, 0.717) is 6.04 Å². The largest absolute Gasteiger partial charge is 0.310 e. The summed E-state index contributed by atoms with van der Waals surface area (Å²) in [6.45, 7) is 11.7. The van der Waals surface area contributed by atoms with E-state index in [9.17, 15) is 0 Å². The van der Waals surface area contributed by atoms with Crippen LogP contribution in [-0.2, 0) is 6.42 Å². The Kier molecular flexibility index (Phi) is 5.12. The van der Waals surface area contributed by atoms with Crippen molar-refractivity contribution in [2.45, 2.75) is 53.1 Å². The van der Waals surface area contributed by atoms with Gasteiger partial charge in [0.05, 0.1) is 0 Å². The van der Waals surface area contributed by atoms with Crippen molar-refractivity contribution in [3.05, 3.63) is 47.0 Å². The Balaban J connectivity index is 2.33. The van der Waals surface area contributed by atoms with E-state index < -0.39 is 0 Å². The maximum atomic E-state index is 4.46. The lowest BCUT2D eigenvalue weighted by Crippen LogP contribution is -2.26. The fraction of sp³-hybridized carbons (Fsp3) is 0.529. The van der Waals surface area contributed by atoms with Crippen LogP contribution in [0.4, 0.5) is 0 Å². The Hall–Kier alpha value is -1.68. The van der Waals surface area contributed by atoms with Crippen molar-refractivity contribution in [1.29, 1.82) is 0 Å². The number of aryl methyl sites for hydroxylation is 2. The summed E-state index contributed by atoms with van der Waals surface area (Å²) in [4.78, 5) is 4.46. The van der Waals surface area contributed by atoms with Gasteiger partial charge in [-0.2, -0.15) is 5.10 Å². The molecule has 4 heteroatoms. The van der Waals surface area contributed by atoms with Gasteiger partial charge in [-0.1, -0.05) is 25.1 Å². The summed E-state index contributed by atoms with van der Waals surface area (Å²) >= 11 is 0. The van der Waals surface area contributed by atoms with Crippen molar-refractivity contribution >= 4 is 0 Å². The van der Waals surface area contributed by atoms with E-state index >= 15 is 0 Å². The number of hydrogen-bond donors (Lipinski definition) is 1. The smallest absolute Gasteiger partial charge is 0.138 e. The van der Waals surface area contributed by atoms with Gasteiger partial charge in [0.25, 0.3) is 0 Å². The molecule has 0 amide bonds. The summed E-state index contributed by atoms with van der Waals surface area (Å²) < 4.78 is 2.01. The summed E-state index contributed by atoms with van der Waals surface area (Å²) in [7, 11) is 0. The maximum absolute atomic E-state index is 4.46. The zero-order chi connectivity index (χ0) is 15.4. The molecular weight excluding hydrogens is 260 g/mol. The highest BCUT2D eigenvalue weighted by Gasteiger charge is 2.19. The molecular formula is C17H26N4. The van der Waals surface area contributed by atoms with Crippen molar-refractivity contribution in [2.75, 3.05) is 6.54 Å². The van der Waals surface area contributed by atoms with Crippen molar-refractivity contribution in [2.24, 2.45) is 0 Å². The number of hydrogen-bond acceptors (Lipinski definition) is 3. The second-order valence-corrected chi connectivity index (χ2v) is 5.83. The zero-order valence-corrected chi connectivity index (χ0v) is 13.7. The van der Waals surface area contributed by atoms with E-state index in [-0.39, 0.29) is 6.04 Å². The molecule has 0 fully saturated rings. The second-order valence-electron chi connectivity index (χ2n) is 5.83. The molecule has 1 aromatic carbocycles. The van der Waals surface area contributed by atoms with Crippen LogP contribution in [0.25, 0.3) is 0 Å². The topological polar surface area (TPSA) is 42.7 Å². The molecule has 1 atom stereocenters. The lowest BCUT2D eigenvalue weighted by atomic mass is 9.94. The highest BCUT2D eigenvalue weighted by molar-refractivity contribution is 5.36. The van der Waals surface area contributed by atoms with E-state index in [2.05, 4.69) is 68.2 Å². The molecule has 0 radical (unpaired) electrons. The third kappa shape index (κ3) is 3.50. The van der Waals surface area contributed by atoms with Crippen LogP contribution in [0, 0.1) is 13.8 Å². The predicted molar refractivity (Wildman–Crippen MR) is 86.4 cm³/mol. The fourth-order valence-electron chi connectivity index (χ4n) is 2.93. The van der Waals surface area contributed by atoms with Gasteiger partial charge in [0.2, 0.25) is 0 Å². The summed E-state index contributed by atoms with van der Waals surface area (Å²) in [5.74, 6) is 1.04. The minimum absolute atomic E-state index is 0.276. The van der Waals surface area contributed by atoms with Gasteiger partial charge in [0.15, 0.2) is 0 Å². The molecule has 1 unspecified atom stereocenters. The Labute approximate surface area is 127 Å². The summed E-state index contributed by atoms with van der Waals surface area (Å²) in [6.07, 6.45) is 2.51. The molecule has 2 aromatic rings. The molecule has 0 aliphatic rings. The molecule has 1 heterocycles. The Morgan fingerprint density at radius 3 is 2.43 bits per heavy atom. The minimum Gasteiger partial charge on any atom is -0.310 e. The van der Waals surface area contributed by atoms with E-state index in [1.807, 2.05) is 4.68 Å². The van der Waals surface area contributed by atoms with Crippen LogP contribution >= 0.6 is 0 Å². The Morgan fingerprint density at radius 1 is 1.19 bits per heavy atom. The second kappa shape index (κ2) is 6.85. The lowest BCUT2D eigenvalue weighted by molar-refractivity contribution is 0.467. The molecule has 0 saturated heterocycles. The summed E-state index contributed by atoms with van der Waals surface area (Å²) in [6, 6.07) is 7.09. The van der Waals surface area contributed by atoms with Crippen molar-refractivity contribution in [3.63, 3.8) is 0 Å². The van der Waals surface area contributed by atoms with Crippen LogP contribution in [0.15, 0.2) is 24.5 Å². The first-order chi connectivity index (χ1) is 10.0.